The Balaban J connectivity index is 1.52. The van der Waals surface area contributed by atoms with Gasteiger partial charge in [-0.2, -0.15) is 4.98 Å². The largest absolute Gasteiger partial charge is 0.493 e. The second-order valence-corrected chi connectivity index (χ2v) is 8.83. The van der Waals surface area contributed by atoms with Crippen molar-refractivity contribution >= 4 is 28.6 Å². The van der Waals surface area contributed by atoms with E-state index in [1.807, 2.05) is 40.1 Å². The highest BCUT2D eigenvalue weighted by Crippen LogP contribution is 2.38. The number of carbonyl (C=O) groups excluding carboxylic acids is 1. The van der Waals surface area contributed by atoms with Crippen LogP contribution in [-0.2, 0) is 4.79 Å². The number of hydrogen-bond acceptors (Lipinski definition) is 8. The first-order chi connectivity index (χ1) is 17.0. The number of aromatic nitrogens is 2. The normalized spacial score (nSPS) is 20.0. The molecule has 1 aromatic heterocycles. The van der Waals surface area contributed by atoms with E-state index in [-0.39, 0.29) is 40.8 Å². The number of amides is 1. The van der Waals surface area contributed by atoms with Crippen molar-refractivity contribution in [2.45, 2.75) is 24.9 Å². The first-order valence-corrected chi connectivity index (χ1v) is 11.7. The van der Waals surface area contributed by atoms with Crippen LogP contribution in [0.1, 0.15) is 24.4 Å². The van der Waals surface area contributed by atoms with Gasteiger partial charge in [0.15, 0.2) is 17.3 Å². The molecule has 2 saturated heterocycles. The van der Waals surface area contributed by atoms with E-state index in [0.717, 1.165) is 18.5 Å². The molecule has 0 radical (unpaired) electrons. The van der Waals surface area contributed by atoms with Crippen LogP contribution in [0.3, 0.4) is 0 Å². The number of fused-ring (bicyclic) bond motifs is 1. The summed E-state index contributed by atoms with van der Waals surface area (Å²) in [6, 6.07) is 11.5. The smallest absolute Gasteiger partial charge is 0.228 e. The Morgan fingerprint density at radius 2 is 1.97 bits per heavy atom. The molecule has 0 aliphatic carbocycles. The van der Waals surface area contributed by atoms with Crippen molar-refractivity contribution < 1.29 is 18.7 Å². The molecule has 3 heterocycles. The zero-order chi connectivity index (χ0) is 24.5. The Kier molecular flexibility index (Phi) is 6.29. The Morgan fingerprint density at radius 1 is 1.20 bits per heavy atom. The summed E-state index contributed by atoms with van der Waals surface area (Å²) in [4.78, 5) is 26.0. The molecule has 3 N–H and O–H groups in total. The topological polar surface area (TPSA) is 106 Å². The number of nitrogens with one attached hydrogen (secondary N) is 1. The number of benzene rings is 2. The highest BCUT2D eigenvalue weighted by atomic mass is 19.1. The van der Waals surface area contributed by atoms with Crippen LogP contribution in [0.15, 0.2) is 36.4 Å². The number of methoxy groups -OCH3 is 2. The molecule has 0 spiro atoms. The van der Waals surface area contributed by atoms with Crippen molar-refractivity contribution in [1.29, 1.82) is 0 Å². The molecule has 1 amide bonds. The third-order valence-corrected chi connectivity index (χ3v) is 6.81. The SMILES string of the molecule is COc1cc2c(N)nc(N3CCN(C(=O)CC4CCN4)CC3c3ccccc3)nc2c(F)c1OC. The molecule has 10 heteroatoms. The Hall–Kier alpha value is -3.66. The quantitative estimate of drug-likeness (QED) is 0.555. The summed E-state index contributed by atoms with van der Waals surface area (Å²) < 4.78 is 25.8. The third kappa shape index (κ3) is 4.29. The number of nitrogens with two attached hydrogens (primary N) is 1. The summed E-state index contributed by atoms with van der Waals surface area (Å²) in [7, 11) is 2.81. The highest BCUT2D eigenvalue weighted by molar-refractivity contribution is 5.92. The van der Waals surface area contributed by atoms with Gasteiger partial charge >= 0.3 is 0 Å². The molecule has 5 rings (SSSR count). The van der Waals surface area contributed by atoms with E-state index in [0.29, 0.717) is 37.4 Å². The van der Waals surface area contributed by atoms with Gasteiger partial charge < -0.3 is 30.3 Å². The lowest BCUT2D eigenvalue weighted by Crippen LogP contribution is -2.53. The van der Waals surface area contributed by atoms with Gasteiger partial charge in [-0.3, -0.25) is 4.79 Å². The minimum absolute atomic E-state index is 0.0383. The molecule has 9 nitrogen and oxygen atoms in total. The maximum Gasteiger partial charge on any atom is 0.228 e. The van der Waals surface area contributed by atoms with E-state index in [1.54, 1.807) is 6.07 Å². The number of rotatable bonds is 6. The lowest BCUT2D eigenvalue weighted by Gasteiger charge is -2.42. The fraction of sp³-hybridized carbons (Fsp3) is 0.400. The van der Waals surface area contributed by atoms with Crippen LogP contribution in [0.4, 0.5) is 16.2 Å². The summed E-state index contributed by atoms with van der Waals surface area (Å²) in [5, 5.41) is 3.64. The average molecular weight is 481 g/mol. The van der Waals surface area contributed by atoms with Crippen LogP contribution >= 0.6 is 0 Å². The predicted molar refractivity (Wildman–Crippen MR) is 131 cm³/mol. The molecule has 2 aliphatic heterocycles. The van der Waals surface area contributed by atoms with Gasteiger partial charge in [0.05, 0.1) is 20.3 Å². The number of piperazine rings is 1. The van der Waals surface area contributed by atoms with Crippen molar-refractivity contribution in [2.75, 3.05) is 51.0 Å². The van der Waals surface area contributed by atoms with Crippen LogP contribution in [0.5, 0.6) is 11.5 Å². The summed E-state index contributed by atoms with van der Waals surface area (Å²) >= 11 is 0. The molecule has 3 aromatic rings. The molecule has 2 aliphatic rings. The molecule has 0 bridgehead atoms. The van der Waals surface area contributed by atoms with Gasteiger partial charge in [-0.1, -0.05) is 30.3 Å². The Bertz CT molecular complexity index is 1240. The van der Waals surface area contributed by atoms with E-state index in [4.69, 9.17) is 15.2 Å². The van der Waals surface area contributed by atoms with Crippen LogP contribution in [0.25, 0.3) is 10.9 Å². The summed E-state index contributed by atoms with van der Waals surface area (Å²) in [6.45, 7) is 2.45. The lowest BCUT2D eigenvalue weighted by atomic mass is 10.00. The van der Waals surface area contributed by atoms with Crippen LogP contribution < -0.4 is 25.4 Å². The summed E-state index contributed by atoms with van der Waals surface area (Å²) in [5.41, 5.74) is 7.35. The van der Waals surface area contributed by atoms with Crippen LogP contribution in [0.2, 0.25) is 0 Å². The van der Waals surface area contributed by atoms with Crippen molar-refractivity contribution in [1.82, 2.24) is 20.2 Å². The van der Waals surface area contributed by atoms with Gasteiger partial charge in [-0.05, 0) is 24.6 Å². The van der Waals surface area contributed by atoms with Crippen LogP contribution in [0, 0.1) is 5.82 Å². The fourth-order valence-electron chi connectivity index (χ4n) is 4.74. The molecule has 2 atom stereocenters. The van der Waals surface area contributed by atoms with Crippen molar-refractivity contribution in [3.05, 3.63) is 47.8 Å². The van der Waals surface area contributed by atoms with Crippen molar-refractivity contribution in [3.63, 3.8) is 0 Å². The molecule has 2 aromatic carbocycles. The zero-order valence-electron chi connectivity index (χ0n) is 19.8. The predicted octanol–water partition coefficient (Wildman–Crippen LogP) is 2.51. The number of carbonyl (C=O) groups is 1. The minimum Gasteiger partial charge on any atom is -0.493 e. The molecule has 2 fully saturated rings. The van der Waals surface area contributed by atoms with Gasteiger partial charge in [0.2, 0.25) is 11.9 Å². The van der Waals surface area contributed by atoms with E-state index < -0.39 is 5.82 Å². The second kappa shape index (κ2) is 9.53. The molecule has 0 saturated carbocycles. The second-order valence-electron chi connectivity index (χ2n) is 8.83. The average Bonchev–Trinajstić information content (AvgIpc) is 2.86. The number of hydrogen-bond donors (Lipinski definition) is 2. The Morgan fingerprint density at radius 3 is 2.63 bits per heavy atom. The standard InChI is InChI=1S/C25H29FN6O3/c1-34-19-13-17-22(21(26)23(19)35-2)29-25(30-24(17)27)32-11-10-31(20(33)12-16-8-9-28-16)14-18(32)15-6-4-3-5-7-15/h3-7,13,16,18,28H,8-12,14H2,1-2H3,(H2,27,29,30). The third-order valence-electron chi connectivity index (χ3n) is 6.81. The number of nitrogen functional groups attached to an aromatic ring is 1. The zero-order valence-corrected chi connectivity index (χ0v) is 19.8. The van der Waals surface area contributed by atoms with Gasteiger partial charge in [-0.15, -0.1) is 0 Å². The number of nitrogens with zero attached hydrogens (tertiary/aromatic N) is 4. The highest BCUT2D eigenvalue weighted by Gasteiger charge is 2.34. The van der Waals surface area contributed by atoms with Gasteiger partial charge in [-0.25, -0.2) is 9.37 Å². The van der Waals surface area contributed by atoms with E-state index in [2.05, 4.69) is 15.3 Å². The van der Waals surface area contributed by atoms with Gasteiger partial charge in [0.1, 0.15) is 11.3 Å². The Labute approximate surface area is 203 Å². The molecular formula is C25H29FN6O3. The van der Waals surface area contributed by atoms with E-state index >= 15 is 4.39 Å². The summed E-state index contributed by atoms with van der Waals surface area (Å²) in [6.07, 6.45) is 1.52. The maximum atomic E-state index is 15.4. The first kappa shape index (κ1) is 23.1. The number of anilines is 2. The number of halogens is 1. The van der Waals surface area contributed by atoms with Crippen molar-refractivity contribution in [3.8, 4) is 11.5 Å². The van der Waals surface area contributed by atoms with E-state index in [1.165, 1.54) is 14.2 Å². The molecule has 35 heavy (non-hydrogen) atoms. The van der Waals surface area contributed by atoms with Gasteiger partial charge in [0.25, 0.3) is 0 Å². The van der Waals surface area contributed by atoms with Crippen molar-refractivity contribution in [2.24, 2.45) is 0 Å². The monoisotopic (exact) mass is 480 g/mol. The number of ether oxygens (including phenoxy) is 2. The van der Waals surface area contributed by atoms with E-state index in [9.17, 15) is 4.79 Å². The minimum atomic E-state index is -0.657. The molecular weight excluding hydrogens is 451 g/mol. The first-order valence-electron chi connectivity index (χ1n) is 11.7. The summed E-state index contributed by atoms with van der Waals surface area (Å²) in [5.74, 6) is 0.105. The van der Waals surface area contributed by atoms with Gasteiger partial charge in [0, 0.05) is 37.5 Å². The fourth-order valence-corrected chi connectivity index (χ4v) is 4.74. The van der Waals surface area contributed by atoms with Crippen LogP contribution in [-0.4, -0.2) is 67.2 Å². The molecule has 2 unspecified atom stereocenters. The lowest BCUT2D eigenvalue weighted by molar-refractivity contribution is -0.133. The molecule has 184 valence electrons. The maximum absolute atomic E-state index is 15.4.